The Labute approximate surface area is 376 Å². The van der Waals surface area contributed by atoms with E-state index >= 15 is 0 Å². The maximum Gasteiger partial charge on any atom is 0.136 e. The first-order valence-corrected chi connectivity index (χ1v) is 22.2. The molecule has 0 unspecified atom stereocenters. The fourth-order valence-corrected chi connectivity index (χ4v) is 10.1. The van der Waals surface area contributed by atoms with Gasteiger partial charge in [-0.05, 0) is 128 Å². The number of rotatable bonds is 7. The van der Waals surface area contributed by atoms with Crippen molar-refractivity contribution >= 4 is 82.4 Å². The van der Waals surface area contributed by atoms with Crippen LogP contribution < -0.4 is 4.90 Å². The molecule has 0 radical (unpaired) electrons. The van der Waals surface area contributed by atoms with Crippen molar-refractivity contribution in [2.24, 2.45) is 0 Å². The van der Waals surface area contributed by atoms with Crippen LogP contribution in [0.3, 0.4) is 0 Å². The van der Waals surface area contributed by atoms with Gasteiger partial charge >= 0.3 is 0 Å². The highest BCUT2D eigenvalue weighted by molar-refractivity contribution is 6.11. The smallest absolute Gasteiger partial charge is 0.136 e. The molecule has 0 fully saturated rings. The molecule has 0 aliphatic carbocycles. The first-order chi connectivity index (χ1) is 32.2. The average molecular weight is 829 g/mol. The van der Waals surface area contributed by atoms with Gasteiger partial charge in [-0.25, -0.2) is 0 Å². The Bertz CT molecular complexity index is 3910. The van der Waals surface area contributed by atoms with E-state index in [1.165, 1.54) is 60.0 Å². The van der Waals surface area contributed by atoms with Crippen LogP contribution in [0.25, 0.3) is 104 Å². The molecule has 0 saturated carbocycles. The van der Waals surface area contributed by atoms with Crippen LogP contribution in [0.2, 0.25) is 0 Å². The standard InChI is InChI=1S/C62H40N2O/c1-2-18-51-42(13-1)27-28-43-31-35-50(40-57(43)51)63(58-23-7-3-19-52(58)47-32-36-56-55-22-6-10-26-61(55)65-62(56)39-47)48-33-29-41(30-34-48)44-14-11-15-45(37-44)46-16-12-17-49(38-46)64-59-24-8-4-20-53(59)54-21-5-9-25-60(54)64/h1-40H. The quantitative estimate of drug-likeness (QED) is 0.149. The molecular weight excluding hydrogens is 789 g/mol. The predicted octanol–water partition coefficient (Wildman–Crippen LogP) is 17.5. The first-order valence-electron chi connectivity index (χ1n) is 22.2. The van der Waals surface area contributed by atoms with Crippen molar-refractivity contribution in [3.8, 4) is 39.1 Å². The van der Waals surface area contributed by atoms with Crippen LogP contribution in [0.1, 0.15) is 0 Å². The zero-order valence-electron chi connectivity index (χ0n) is 35.4. The van der Waals surface area contributed by atoms with Gasteiger partial charge in [-0.2, -0.15) is 0 Å². The van der Waals surface area contributed by atoms with Gasteiger partial charge in [0.2, 0.25) is 0 Å². The van der Waals surface area contributed by atoms with E-state index < -0.39 is 0 Å². The molecule has 0 bridgehead atoms. The van der Waals surface area contributed by atoms with Crippen LogP contribution in [0.4, 0.5) is 17.1 Å². The summed E-state index contributed by atoms with van der Waals surface area (Å²) in [5.41, 5.74) is 15.5. The molecule has 0 atom stereocenters. The molecule has 0 aliphatic rings. The number of aromatic nitrogens is 1. The Morgan fingerprint density at radius 1 is 0.308 bits per heavy atom. The SMILES string of the molecule is c1cc(-c2ccc(N(c3ccc4ccc5ccccc5c4c3)c3ccccc3-c3ccc4c(c3)oc3ccccc34)cc2)cc(-c2cccc(-n3c4ccccc4c4ccccc43)c2)c1. The van der Waals surface area contributed by atoms with Crippen LogP contribution in [-0.2, 0) is 0 Å². The van der Waals surface area contributed by atoms with Gasteiger partial charge in [0.05, 0.1) is 16.7 Å². The minimum Gasteiger partial charge on any atom is -0.456 e. The lowest BCUT2D eigenvalue weighted by Gasteiger charge is -2.28. The van der Waals surface area contributed by atoms with Gasteiger partial charge in [0, 0.05) is 44.2 Å². The van der Waals surface area contributed by atoms with Gasteiger partial charge in [-0.15, -0.1) is 0 Å². The molecule has 3 nitrogen and oxygen atoms in total. The van der Waals surface area contributed by atoms with Crippen molar-refractivity contribution in [1.82, 2.24) is 4.57 Å². The Morgan fingerprint density at radius 2 is 0.877 bits per heavy atom. The van der Waals surface area contributed by atoms with Crippen molar-refractivity contribution < 1.29 is 4.42 Å². The maximum atomic E-state index is 6.40. The average Bonchev–Trinajstić information content (AvgIpc) is 3.92. The lowest BCUT2D eigenvalue weighted by molar-refractivity contribution is 0.669. The first kappa shape index (κ1) is 36.9. The molecule has 11 aromatic carbocycles. The second-order valence-corrected chi connectivity index (χ2v) is 16.9. The fraction of sp³-hybridized carbons (Fsp3) is 0. The van der Waals surface area contributed by atoms with Gasteiger partial charge < -0.3 is 13.9 Å². The van der Waals surface area contributed by atoms with Gasteiger partial charge in [0.25, 0.3) is 0 Å². The second kappa shape index (κ2) is 15.0. The molecule has 0 spiro atoms. The topological polar surface area (TPSA) is 21.3 Å². The van der Waals surface area contributed by atoms with E-state index in [4.69, 9.17) is 4.42 Å². The molecule has 304 valence electrons. The van der Waals surface area contributed by atoms with Crippen LogP contribution in [0.15, 0.2) is 247 Å². The normalized spacial score (nSPS) is 11.7. The molecule has 3 heteroatoms. The Hall–Kier alpha value is -8.66. The van der Waals surface area contributed by atoms with Crippen molar-refractivity contribution in [3.05, 3.63) is 243 Å². The molecule has 13 aromatic rings. The van der Waals surface area contributed by atoms with Crippen LogP contribution >= 0.6 is 0 Å². The number of hydrogen-bond acceptors (Lipinski definition) is 2. The summed E-state index contributed by atoms with van der Waals surface area (Å²) in [5.74, 6) is 0. The number of anilines is 3. The minimum atomic E-state index is 0.882. The minimum absolute atomic E-state index is 0.882. The lowest BCUT2D eigenvalue weighted by atomic mass is 9.97. The van der Waals surface area contributed by atoms with Crippen LogP contribution in [-0.4, -0.2) is 4.57 Å². The van der Waals surface area contributed by atoms with Gasteiger partial charge in [0.1, 0.15) is 11.2 Å². The van der Waals surface area contributed by atoms with Gasteiger partial charge in [-0.1, -0.05) is 164 Å². The third kappa shape index (κ3) is 6.20. The molecule has 13 rings (SSSR count). The number of nitrogens with zero attached hydrogens (tertiary/aromatic N) is 2. The molecule has 2 heterocycles. The number of fused-ring (bicyclic) bond motifs is 9. The highest BCUT2D eigenvalue weighted by Crippen LogP contribution is 2.44. The summed E-state index contributed by atoms with van der Waals surface area (Å²) in [4.78, 5) is 2.40. The Balaban J connectivity index is 0.911. The van der Waals surface area contributed by atoms with E-state index in [2.05, 4.69) is 240 Å². The lowest BCUT2D eigenvalue weighted by Crippen LogP contribution is -2.11. The summed E-state index contributed by atoms with van der Waals surface area (Å²) in [7, 11) is 0. The summed E-state index contributed by atoms with van der Waals surface area (Å²) in [6, 6.07) is 87.8. The molecule has 2 aromatic heterocycles. The number of hydrogen-bond donors (Lipinski definition) is 0. The molecule has 0 amide bonds. The molecule has 0 N–H and O–H groups in total. The summed E-state index contributed by atoms with van der Waals surface area (Å²) in [6.07, 6.45) is 0. The fourth-order valence-electron chi connectivity index (χ4n) is 10.1. The monoisotopic (exact) mass is 828 g/mol. The second-order valence-electron chi connectivity index (χ2n) is 16.9. The van der Waals surface area contributed by atoms with E-state index in [9.17, 15) is 0 Å². The highest BCUT2D eigenvalue weighted by atomic mass is 16.3. The predicted molar refractivity (Wildman–Crippen MR) is 274 cm³/mol. The number of para-hydroxylation sites is 4. The van der Waals surface area contributed by atoms with Crippen LogP contribution in [0, 0.1) is 0 Å². The van der Waals surface area contributed by atoms with Crippen molar-refractivity contribution in [1.29, 1.82) is 0 Å². The summed E-state index contributed by atoms with van der Waals surface area (Å²) >= 11 is 0. The Morgan fingerprint density at radius 3 is 1.68 bits per heavy atom. The molecular formula is C62H40N2O. The van der Waals surface area contributed by atoms with Crippen molar-refractivity contribution in [2.75, 3.05) is 4.90 Å². The van der Waals surface area contributed by atoms with Gasteiger partial charge in [-0.3, -0.25) is 0 Å². The van der Waals surface area contributed by atoms with Crippen molar-refractivity contribution in [2.45, 2.75) is 0 Å². The largest absolute Gasteiger partial charge is 0.456 e. The van der Waals surface area contributed by atoms with Gasteiger partial charge in [0.15, 0.2) is 0 Å². The third-order valence-corrected chi connectivity index (χ3v) is 13.2. The zero-order valence-corrected chi connectivity index (χ0v) is 35.4. The number of benzene rings is 11. The molecule has 65 heavy (non-hydrogen) atoms. The summed E-state index contributed by atoms with van der Waals surface area (Å²) < 4.78 is 8.79. The zero-order chi connectivity index (χ0) is 42.8. The van der Waals surface area contributed by atoms with E-state index in [1.807, 2.05) is 12.1 Å². The van der Waals surface area contributed by atoms with Crippen molar-refractivity contribution in [3.63, 3.8) is 0 Å². The summed E-state index contributed by atoms with van der Waals surface area (Å²) in [5, 5.41) is 9.69. The number of furan rings is 1. The van der Waals surface area contributed by atoms with E-state index in [0.717, 1.165) is 61.4 Å². The van der Waals surface area contributed by atoms with E-state index in [1.54, 1.807) is 0 Å². The molecule has 0 aliphatic heterocycles. The third-order valence-electron chi connectivity index (χ3n) is 13.2. The van der Waals surface area contributed by atoms with Crippen LogP contribution in [0.5, 0.6) is 0 Å². The van der Waals surface area contributed by atoms with E-state index in [0.29, 0.717) is 0 Å². The maximum absolute atomic E-state index is 6.40. The Kier molecular flexibility index (Phi) is 8.53. The van der Waals surface area contributed by atoms with E-state index in [-0.39, 0.29) is 0 Å². The summed E-state index contributed by atoms with van der Waals surface area (Å²) in [6.45, 7) is 0. The highest BCUT2D eigenvalue weighted by Gasteiger charge is 2.20. The molecule has 0 saturated heterocycles.